The van der Waals surface area contributed by atoms with E-state index in [0.29, 0.717) is 6.54 Å². The van der Waals surface area contributed by atoms with Gasteiger partial charge in [0.1, 0.15) is 17.5 Å². The van der Waals surface area contributed by atoms with Crippen LogP contribution in [0.1, 0.15) is 24.7 Å². The van der Waals surface area contributed by atoms with Crippen LogP contribution in [0.2, 0.25) is 5.02 Å². The minimum absolute atomic E-state index is 0.712. The van der Waals surface area contributed by atoms with E-state index < -0.39 is 0 Å². The van der Waals surface area contributed by atoms with Gasteiger partial charge in [-0.25, -0.2) is 9.97 Å². The van der Waals surface area contributed by atoms with Crippen LogP contribution in [0.25, 0.3) is 0 Å². The molecule has 0 atom stereocenters. The lowest BCUT2D eigenvalue weighted by Gasteiger charge is -2.20. The van der Waals surface area contributed by atoms with Gasteiger partial charge in [-0.1, -0.05) is 36.7 Å². The Hall–Kier alpha value is -1.81. The van der Waals surface area contributed by atoms with Gasteiger partial charge in [0.25, 0.3) is 0 Å². The first-order valence-corrected chi connectivity index (χ1v) is 7.52. The van der Waals surface area contributed by atoms with Crippen LogP contribution in [-0.4, -0.2) is 23.6 Å². The van der Waals surface area contributed by atoms with Crippen molar-refractivity contribution in [2.45, 2.75) is 26.8 Å². The maximum atomic E-state index is 6.22. The number of benzene rings is 1. The predicted octanol–water partition coefficient (Wildman–Crippen LogP) is 3.90. The molecule has 2 rings (SSSR count). The molecule has 0 aliphatic heterocycles. The third kappa shape index (κ3) is 4.33. The molecule has 0 radical (unpaired) electrons. The maximum absolute atomic E-state index is 6.22. The smallest absolute Gasteiger partial charge is 0.134 e. The van der Waals surface area contributed by atoms with Crippen LogP contribution in [0.15, 0.2) is 30.3 Å². The zero-order valence-corrected chi connectivity index (χ0v) is 13.5. The van der Waals surface area contributed by atoms with Crippen molar-refractivity contribution in [3.8, 4) is 0 Å². The monoisotopic (exact) mass is 304 g/mol. The lowest BCUT2D eigenvalue weighted by atomic mass is 10.2. The van der Waals surface area contributed by atoms with E-state index in [1.165, 1.54) is 0 Å². The van der Waals surface area contributed by atoms with Crippen LogP contribution >= 0.6 is 11.6 Å². The average Bonchev–Trinajstić information content (AvgIpc) is 2.47. The summed E-state index contributed by atoms with van der Waals surface area (Å²) < 4.78 is 0. The van der Waals surface area contributed by atoms with E-state index in [2.05, 4.69) is 27.1 Å². The van der Waals surface area contributed by atoms with Gasteiger partial charge < -0.3 is 10.2 Å². The Morgan fingerprint density at radius 1 is 1.24 bits per heavy atom. The molecule has 0 fully saturated rings. The van der Waals surface area contributed by atoms with Crippen LogP contribution < -0.4 is 10.2 Å². The number of hydrogen-bond donors (Lipinski definition) is 1. The number of rotatable bonds is 6. The van der Waals surface area contributed by atoms with E-state index in [4.69, 9.17) is 11.6 Å². The van der Waals surface area contributed by atoms with Crippen molar-refractivity contribution in [3.05, 3.63) is 46.7 Å². The Labute approximate surface area is 131 Å². The van der Waals surface area contributed by atoms with Crippen LogP contribution in [0.5, 0.6) is 0 Å². The lowest BCUT2D eigenvalue weighted by Crippen LogP contribution is -2.19. The third-order valence-corrected chi connectivity index (χ3v) is 3.51. The molecule has 0 saturated heterocycles. The van der Waals surface area contributed by atoms with E-state index in [9.17, 15) is 0 Å². The van der Waals surface area contributed by atoms with Gasteiger partial charge in [0.2, 0.25) is 0 Å². The van der Waals surface area contributed by atoms with Crippen molar-refractivity contribution >= 4 is 23.2 Å². The molecule has 0 amide bonds. The topological polar surface area (TPSA) is 41.0 Å². The minimum atomic E-state index is 0.712. The molecule has 5 heteroatoms. The van der Waals surface area contributed by atoms with Gasteiger partial charge >= 0.3 is 0 Å². The SMILES string of the molecule is CCCNc1cc(N(C)Cc2ccccc2Cl)nc(C)n1. The number of hydrogen-bond acceptors (Lipinski definition) is 4. The lowest BCUT2D eigenvalue weighted by molar-refractivity contribution is 0.876. The summed E-state index contributed by atoms with van der Waals surface area (Å²) in [6.07, 6.45) is 1.06. The van der Waals surface area contributed by atoms with Crippen molar-refractivity contribution in [2.24, 2.45) is 0 Å². The van der Waals surface area contributed by atoms with E-state index in [0.717, 1.165) is 41.0 Å². The van der Waals surface area contributed by atoms with E-state index in [1.807, 2.05) is 44.3 Å². The fourth-order valence-corrected chi connectivity index (χ4v) is 2.25. The normalized spacial score (nSPS) is 10.5. The summed E-state index contributed by atoms with van der Waals surface area (Å²) in [6.45, 7) is 5.66. The van der Waals surface area contributed by atoms with Crippen molar-refractivity contribution in [1.82, 2.24) is 9.97 Å². The fraction of sp³-hybridized carbons (Fsp3) is 0.375. The molecule has 1 heterocycles. The van der Waals surface area contributed by atoms with Gasteiger partial charge in [0.05, 0.1) is 0 Å². The molecule has 0 aliphatic rings. The number of nitrogens with zero attached hydrogens (tertiary/aromatic N) is 3. The molecule has 1 N–H and O–H groups in total. The van der Waals surface area contributed by atoms with Crippen molar-refractivity contribution < 1.29 is 0 Å². The first kappa shape index (κ1) is 15.6. The predicted molar refractivity (Wildman–Crippen MR) is 89.1 cm³/mol. The van der Waals surface area contributed by atoms with Crippen LogP contribution in [0.4, 0.5) is 11.6 Å². The summed E-state index contributed by atoms with van der Waals surface area (Å²) in [5.74, 6) is 2.52. The number of halogens is 1. The average molecular weight is 305 g/mol. The standard InChI is InChI=1S/C16H21ClN4/c1-4-9-18-15-10-16(20-12(2)19-15)21(3)11-13-7-5-6-8-14(13)17/h5-8,10H,4,9,11H2,1-3H3,(H,18,19,20). The Balaban J connectivity index is 2.16. The van der Waals surface area contributed by atoms with Crippen molar-refractivity contribution in [1.29, 1.82) is 0 Å². The zero-order valence-electron chi connectivity index (χ0n) is 12.7. The highest BCUT2D eigenvalue weighted by atomic mass is 35.5. The molecule has 112 valence electrons. The molecular formula is C16H21ClN4. The summed E-state index contributed by atoms with van der Waals surface area (Å²) in [5.41, 5.74) is 1.08. The van der Waals surface area contributed by atoms with E-state index in [-0.39, 0.29) is 0 Å². The van der Waals surface area contributed by atoms with Crippen LogP contribution in [0.3, 0.4) is 0 Å². The largest absolute Gasteiger partial charge is 0.370 e. The first-order valence-electron chi connectivity index (χ1n) is 7.14. The molecule has 0 aliphatic carbocycles. The Morgan fingerprint density at radius 2 is 2.00 bits per heavy atom. The fourth-order valence-electron chi connectivity index (χ4n) is 2.05. The molecule has 1 aromatic heterocycles. The molecular weight excluding hydrogens is 284 g/mol. The number of aryl methyl sites for hydroxylation is 1. The van der Waals surface area contributed by atoms with Crippen LogP contribution in [0, 0.1) is 6.92 Å². The van der Waals surface area contributed by atoms with Gasteiger partial charge in [-0.2, -0.15) is 0 Å². The molecule has 21 heavy (non-hydrogen) atoms. The highest BCUT2D eigenvalue weighted by molar-refractivity contribution is 6.31. The second-order valence-electron chi connectivity index (χ2n) is 5.03. The first-order chi connectivity index (χ1) is 10.1. The molecule has 2 aromatic rings. The van der Waals surface area contributed by atoms with Gasteiger partial charge in [0, 0.05) is 31.2 Å². The Bertz CT molecular complexity index is 601. The van der Waals surface area contributed by atoms with Crippen molar-refractivity contribution in [2.75, 3.05) is 23.8 Å². The van der Waals surface area contributed by atoms with Crippen molar-refractivity contribution in [3.63, 3.8) is 0 Å². The molecule has 1 aromatic carbocycles. The second-order valence-corrected chi connectivity index (χ2v) is 5.44. The summed E-state index contributed by atoms with van der Waals surface area (Å²) in [5, 5.41) is 4.08. The molecule has 0 bridgehead atoms. The molecule has 0 saturated carbocycles. The van der Waals surface area contributed by atoms with E-state index in [1.54, 1.807) is 0 Å². The number of aromatic nitrogens is 2. The number of anilines is 2. The molecule has 0 spiro atoms. The van der Waals surface area contributed by atoms with Gasteiger partial charge in [-0.15, -0.1) is 0 Å². The summed E-state index contributed by atoms with van der Waals surface area (Å²) >= 11 is 6.22. The summed E-state index contributed by atoms with van der Waals surface area (Å²) in [7, 11) is 2.01. The summed E-state index contributed by atoms with van der Waals surface area (Å²) in [4.78, 5) is 11.0. The molecule has 4 nitrogen and oxygen atoms in total. The highest BCUT2D eigenvalue weighted by Crippen LogP contribution is 2.21. The van der Waals surface area contributed by atoms with Gasteiger partial charge in [-0.05, 0) is 25.0 Å². The minimum Gasteiger partial charge on any atom is -0.370 e. The molecule has 0 unspecified atom stereocenters. The second kappa shape index (κ2) is 7.27. The Kier molecular flexibility index (Phi) is 5.39. The highest BCUT2D eigenvalue weighted by Gasteiger charge is 2.09. The maximum Gasteiger partial charge on any atom is 0.134 e. The third-order valence-electron chi connectivity index (χ3n) is 3.14. The van der Waals surface area contributed by atoms with Gasteiger partial charge in [-0.3, -0.25) is 0 Å². The number of nitrogens with one attached hydrogen (secondary N) is 1. The Morgan fingerprint density at radius 3 is 2.71 bits per heavy atom. The van der Waals surface area contributed by atoms with E-state index >= 15 is 0 Å². The van der Waals surface area contributed by atoms with Gasteiger partial charge in [0.15, 0.2) is 0 Å². The summed E-state index contributed by atoms with van der Waals surface area (Å²) in [6, 6.07) is 9.84. The zero-order chi connectivity index (χ0) is 15.2. The van der Waals surface area contributed by atoms with Crippen LogP contribution in [-0.2, 0) is 6.54 Å². The quantitative estimate of drug-likeness (QED) is 0.879.